The Hall–Kier alpha value is -0.910. The Labute approximate surface area is 120 Å². The van der Waals surface area contributed by atoms with E-state index in [1.807, 2.05) is 17.9 Å². The van der Waals surface area contributed by atoms with Gasteiger partial charge in [0, 0.05) is 45.0 Å². The molecular weight excluding hydrogens is 254 g/mol. The molecule has 2 saturated heterocycles. The van der Waals surface area contributed by atoms with E-state index in [-0.39, 0.29) is 0 Å². The quantitative estimate of drug-likeness (QED) is 0.820. The van der Waals surface area contributed by atoms with Crippen LogP contribution in [0.3, 0.4) is 0 Å². The summed E-state index contributed by atoms with van der Waals surface area (Å²) in [7, 11) is 1.97. The molecule has 0 saturated carbocycles. The molecule has 1 aromatic heterocycles. The fourth-order valence-electron chi connectivity index (χ4n) is 3.06. The van der Waals surface area contributed by atoms with Crippen LogP contribution < -0.4 is 0 Å². The molecular formula is C15H25N3O2. The Bertz CT molecular complexity index is 407. The van der Waals surface area contributed by atoms with E-state index < -0.39 is 0 Å². The second kappa shape index (κ2) is 6.70. The van der Waals surface area contributed by atoms with E-state index in [1.165, 1.54) is 18.4 Å². The minimum absolute atomic E-state index is 0.350. The minimum Gasteiger partial charge on any atom is -0.376 e. The summed E-state index contributed by atoms with van der Waals surface area (Å²) in [6.07, 6.45) is 9.45. The van der Waals surface area contributed by atoms with Gasteiger partial charge in [-0.1, -0.05) is 0 Å². The van der Waals surface area contributed by atoms with Crippen LogP contribution in [0, 0.1) is 0 Å². The summed E-state index contributed by atoms with van der Waals surface area (Å²) in [6, 6.07) is 0. The summed E-state index contributed by atoms with van der Waals surface area (Å²) in [5.41, 5.74) is 1.30. The van der Waals surface area contributed by atoms with Crippen LogP contribution >= 0.6 is 0 Å². The molecule has 1 aromatic rings. The lowest BCUT2D eigenvalue weighted by Gasteiger charge is -2.32. The Morgan fingerprint density at radius 3 is 2.85 bits per heavy atom. The Kier molecular flexibility index (Phi) is 4.70. The predicted octanol–water partition coefficient (Wildman–Crippen LogP) is 1.58. The summed E-state index contributed by atoms with van der Waals surface area (Å²) in [4.78, 5) is 2.49. The molecule has 1 atom stereocenters. The lowest BCUT2D eigenvalue weighted by molar-refractivity contribution is -0.0426. The lowest BCUT2D eigenvalue weighted by Crippen LogP contribution is -2.37. The number of hydrogen-bond donors (Lipinski definition) is 0. The van der Waals surface area contributed by atoms with Gasteiger partial charge in [-0.2, -0.15) is 5.10 Å². The zero-order chi connectivity index (χ0) is 13.8. The van der Waals surface area contributed by atoms with Gasteiger partial charge in [-0.25, -0.2) is 0 Å². The van der Waals surface area contributed by atoms with Crippen molar-refractivity contribution in [2.24, 2.45) is 7.05 Å². The number of aryl methyl sites for hydroxylation is 1. The number of likely N-dealkylation sites (tertiary alicyclic amines) is 1. The molecule has 3 rings (SSSR count). The Balaban J connectivity index is 1.36. The van der Waals surface area contributed by atoms with Crippen molar-refractivity contribution in [3.63, 3.8) is 0 Å². The first-order valence-electron chi connectivity index (χ1n) is 7.72. The van der Waals surface area contributed by atoms with Gasteiger partial charge in [-0.3, -0.25) is 9.58 Å². The van der Waals surface area contributed by atoms with Crippen LogP contribution in [0.4, 0.5) is 0 Å². The van der Waals surface area contributed by atoms with Gasteiger partial charge in [0.05, 0.1) is 25.0 Å². The smallest absolute Gasteiger partial charge is 0.0809 e. The first kappa shape index (κ1) is 14.0. The van der Waals surface area contributed by atoms with Gasteiger partial charge < -0.3 is 9.47 Å². The second-order valence-electron chi connectivity index (χ2n) is 5.97. The van der Waals surface area contributed by atoms with E-state index in [0.717, 1.165) is 45.7 Å². The molecule has 0 amide bonds. The number of nitrogens with zero attached hydrogens (tertiary/aromatic N) is 3. The number of rotatable bonds is 5. The third-order valence-electron chi connectivity index (χ3n) is 4.24. The third kappa shape index (κ3) is 3.81. The van der Waals surface area contributed by atoms with Crippen LogP contribution in [0.2, 0.25) is 0 Å². The summed E-state index contributed by atoms with van der Waals surface area (Å²) >= 11 is 0. The van der Waals surface area contributed by atoms with Crippen LogP contribution in [0.1, 0.15) is 31.2 Å². The number of piperidine rings is 1. The molecule has 20 heavy (non-hydrogen) atoms. The van der Waals surface area contributed by atoms with Crippen LogP contribution in [-0.2, 0) is 23.1 Å². The average Bonchev–Trinajstić information content (AvgIpc) is 3.10. The fourth-order valence-corrected chi connectivity index (χ4v) is 3.06. The molecule has 0 bridgehead atoms. The first-order valence-corrected chi connectivity index (χ1v) is 7.72. The number of hydrogen-bond acceptors (Lipinski definition) is 4. The maximum Gasteiger partial charge on any atom is 0.0809 e. The van der Waals surface area contributed by atoms with E-state index in [0.29, 0.717) is 12.2 Å². The van der Waals surface area contributed by atoms with Crippen molar-refractivity contribution < 1.29 is 9.47 Å². The summed E-state index contributed by atoms with van der Waals surface area (Å²) < 4.78 is 13.5. The molecule has 0 aromatic carbocycles. The monoisotopic (exact) mass is 279 g/mol. The SMILES string of the molecule is Cn1cc(CN2CCC(OC[C@@H]3CCCO3)CC2)cn1. The summed E-state index contributed by atoms with van der Waals surface area (Å²) in [5.74, 6) is 0. The summed E-state index contributed by atoms with van der Waals surface area (Å²) in [6.45, 7) is 4.94. The Morgan fingerprint density at radius 1 is 1.35 bits per heavy atom. The van der Waals surface area contributed by atoms with Crippen molar-refractivity contribution in [1.29, 1.82) is 0 Å². The van der Waals surface area contributed by atoms with Gasteiger partial charge in [-0.05, 0) is 25.7 Å². The van der Waals surface area contributed by atoms with Crippen molar-refractivity contribution in [1.82, 2.24) is 14.7 Å². The molecule has 3 heterocycles. The molecule has 2 fully saturated rings. The van der Waals surface area contributed by atoms with E-state index in [4.69, 9.17) is 9.47 Å². The van der Waals surface area contributed by atoms with Crippen LogP contribution in [-0.4, -0.2) is 53.2 Å². The van der Waals surface area contributed by atoms with Crippen LogP contribution in [0.15, 0.2) is 12.4 Å². The highest BCUT2D eigenvalue weighted by molar-refractivity contribution is 5.03. The molecule has 5 nitrogen and oxygen atoms in total. The highest BCUT2D eigenvalue weighted by atomic mass is 16.5. The normalized spacial score (nSPS) is 25.4. The zero-order valence-electron chi connectivity index (χ0n) is 12.3. The largest absolute Gasteiger partial charge is 0.376 e. The fraction of sp³-hybridized carbons (Fsp3) is 0.800. The van der Waals surface area contributed by atoms with Crippen LogP contribution in [0.5, 0.6) is 0 Å². The van der Waals surface area contributed by atoms with Crippen molar-refractivity contribution in [3.05, 3.63) is 18.0 Å². The third-order valence-corrected chi connectivity index (χ3v) is 4.24. The summed E-state index contributed by atoms with van der Waals surface area (Å²) in [5, 5.41) is 4.22. The first-order chi connectivity index (χ1) is 9.79. The average molecular weight is 279 g/mol. The number of aromatic nitrogens is 2. The van der Waals surface area contributed by atoms with Gasteiger partial charge in [0.25, 0.3) is 0 Å². The molecule has 2 aliphatic heterocycles. The molecule has 0 unspecified atom stereocenters. The molecule has 0 N–H and O–H groups in total. The van der Waals surface area contributed by atoms with E-state index in [2.05, 4.69) is 16.2 Å². The van der Waals surface area contributed by atoms with Gasteiger partial charge >= 0.3 is 0 Å². The molecule has 0 aliphatic carbocycles. The van der Waals surface area contributed by atoms with Crippen molar-refractivity contribution in [2.75, 3.05) is 26.3 Å². The molecule has 0 spiro atoms. The maximum absolute atomic E-state index is 6.00. The van der Waals surface area contributed by atoms with Crippen molar-refractivity contribution in [3.8, 4) is 0 Å². The minimum atomic E-state index is 0.350. The van der Waals surface area contributed by atoms with Crippen molar-refractivity contribution in [2.45, 2.75) is 44.4 Å². The predicted molar refractivity (Wildman–Crippen MR) is 76.4 cm³/mol. The number of ether oxygens (including phenoxy) is 2. The van der Waals surface area contributed by atoms with Gasteiger partial charge in [0.1, 0.15) is 0 Å². The van der Waals surface area contributed by atoms with Crippen LogP contribution in [0.25, 0.3) is 0 Å². The molecule has 2 aliphatic rings. The van der Waals surface area contributed by atoms with E-state index in [9.17, 15) is 0 Å². The Morgan fingerprint density at radius 2 is 2.20 bits per heavy atom. The highest BCUT2D eigenvalue weighted by Gasteiger charge is 2.22. The van der Waals surface area contributed by atoms with Gasteiger partial charge in [-0.15, -0.1) is 0 Å². The highest BCUT2D eigenvalue weighted by Crippen LogP contribution is 2.18. The van der Waals surface area contributed by atoms with Crippen molar-refractivity contribution >= 4 is 0 Å². The molecule has 0 radical (unpaired) electrons. The zero-order valence-corrected chi connectivity index (χ0v) is 12.3. The van der Waals surface area contributed by atoms with Gasteiger partial charge in [0.15, 0.2) is 0 Å². The standard InChI is InChI=1S/C15H25N3O2/c1-17-10-13(9-16-17)11-18-6-4-14(5-7-18)20-12-15-3-2-8-19-15/h9-10,14-15H,2-8,11-12H2,1H3/t15-/m0/s1. The van der Waals surface area contributed by atoms with E-state index >= 15 is 0 Å². The topological polar surface area (TPSA) is 39.5 Å². The molecule has 5 heteroatoms. The lowest BCUT2D eigenvalue weighted by atomic mass is 10.1. The van der Waals surface area contributed by atoms with E-state index in [1.54, 1.807) is 0 Å². The second-order valence-corrected chi connectivity index (χ2v) is 5.97. The van der Waals surface area contributed by atoms with Gasteiger partial charge in [0.2, 0.25) is 0 Å². The molecule has 112 valence electrons. The maximum atomic E-state index is 6.00.